The lowest BCUT2D eigenvalue weighted by molar-refractivity contribution is -0.380. The number of hydrogen-bond acceptors (Lipinski definition) is 26. The summed E-state index contributed by atoms with van der Waals surface area (Å²) in [6.07, 6.45) is -25.6. The van der Waals surface area contributed by atoms with Crippen molar-refractivity contribution in [2.24, 2.45) is 0 Å². The highest BCUT2D eigenvalue weighted by molar-refractivity contribution is 9.09. The van der Waals surface area contributed by atoms with Crippen molar-refractivity contribution in [3.05, 3.63) is 0 Å². The second kappa shape index (κ2) is 27.2. The van der Waals surface area contributed by atoms with Gasteiger partial charge in [-0.2, -0.15) is 0 Å². The highest BCUT2D eigenvalue weighted by atomic mass is 79.9. The van der Waals surface area contributed by atoms with Crippen LogP contribution >= 0.6 is 15.9 Å². The monoisotopic (exact) mass is 1040 g/mol. The standard InChI is InChI=1S/C41H57BrO26/c1-17(43)54-14-27-30(57-20(4)46)33(58-21(5)47)37(62-25(9)51)40(65-27)68-32-29(16-56-19(3)45)66-41(38(63-26(10)52)35(32)60-23(7)49)67-31-28(15-55-18(2)44)64-39(53-13-11-12-42)36(61-24(8)50)34(31)59-22(6)48/h27-41H,11-16H2,1-10H3/t27-,28-,29-,30-,31-,32-,33+,34+,35+,36-,37-,38-,39-,40-,41-/m1/s1. The molecule has 3 aliphatic rings. The Morgan fingerprint density at radius 2 is 0.618 bits per heavy atom. The lowest BCUT2D eigenvalue weighted by Crippen LogP contribution is -2.69. The highest BCUT2D eigenvalue weighted by Crippen LogP contribution is 2.38. The van der Waals surface area contributed by atoms with Crippen LogP contribution < -0.4 is 0 Å². The van der Waals surface area contributed by atoms with Gasteiger partial charge in [-0.15, -0.1) is 0 Å². The van der Waals surface area contributed by atoms with Gasteiger partial charge in [0.25, 0.3) is 0 Å². The van der Waals surface area contributed by atoms with Gasteiger partial charge in [0, 0.05) is 74.6 Å². The van der Waals surface area contributed by atoms with Crippen molar-refractivity contribution >= 4 is 75.6 Å². The van der Waals surface area contributed by atoms with E-state index in [1.165, 1.54) is 0 Å². The third-order valence-electron chi connectivity index (χ3n) is 9.38. The molecule has 26 nitrogen and oxygen atoms in total. The second-order valence-corrected chi connectivity index (χ2v) is 16.0. The number of hydrogen-bond donors (Lipinski definition) is 0. The van der Waals surface area contributed by atoms with E-state index in [0.717, 1.165) is 69.2 Å². The number of rotatable bonds is 21. The van der Waals surface area contributed by atoms with Gasteiger partial charge in [0.2, 0.25) is 0 Å². The Hall–Kier alpha value is -5.06. The Morgan fingerprint density at radius 1 is 0.353 bits per heavy atom. The van der Waals surface area contributed by atoms with Gasteiger partial charge in [0.1, 0.15) is 50.3 Å². The fourth-order valence-electron chi connectivity index (χ4n) is 7.14. The molecule has 68 heavy (non-hydrogen) atoms. The summed E-state index contributed by atoms with van der Waals surface area (Å²) in [5.41, 5.74) is 0. The van der Waals surface area contributed by atoms with Crippen LogP contribution in [0.4, 0.5) is 0 Å². The summed E-state index contributed by atoms with van der Waals surface area (Å²) < 4.78 is 92.2. The first-order chi connectivity index (χ1) is 31.9. The molecule has 0 spiro atoms. The molecule has 0 radical (unpaired) electrons. The number of ether oxygens (including phenoxy) is 16. The van der Waals surface area contributed by atoms with Crippen LogP contribution in [0.5, 0.6) is 0 Å². The van der Waals surface area contributed by atoms with E-state index < -0.39 is 172 Å². The number of halogens is 1. The topological polar surface area (TPSA) is 318 Å². The van der Waals surface area contributed by atoms with Crippen molar-refractivity contribution < 1.29 is 124 Å². The van der Waals surface area contributed by atoms with E-state index in [-0.39, 0.29) is 6.61 Å². The van der Waals surface area contributed by atoms with Crippen LogP contribution in [0.15, 0.2) is 0 Å². The van der Waals surface area contributed by atoms with Crippen molar-refractivity contribution in [2.45, 2.75) is 168 Å². The van der Waals surface area contributed by atoms with Crippen LogP contribution in [0.1, 0.15) is 75.7 Å². The molecular formula is C41H57BrO26. The largest absolute Gasteiger partial charge is 0.463 e. The average molecular weight is 1050 g/mol. The number of alkyl halides is 1. The average Bonchev–Trinajstić information content (AvgIpc) is 3.20. The zero-order valence-corrected chi connectivity index (χ0v) is 40.5. The number of carbonyl (C=O) groups is 10. The quantitative estimate of drug-likeness (QED) is 0.0629. The Kier molecular flexibility index (Phi) is 22.9. The maximum absolute atomic E-state index is 13.0. The van der Waals surface area contributed by atoms with E-state index in [4.69, 9.17) is 75.8 Å². The van der Waals surface area contributed by atoms with Crippen LogP contribution in [0.3, 0.4) is 0 Å². The van der Waals surface area contributed by atoms with Gasteiger partial charge in [-0.05, 0) is 6.42 Å². The van der Waals surface area contributed by atoms with Gasteiger partial charge in [-0.1, -0.05) is 15.9 Å². The van der Waals surface area contributed by atoms with E-state index in [2.05, 4.69) is 15.9 Å². The first kappa shape index (κ1) is 57.3. The zero-order valence-electron chi connectivity index (χ0n) is 38.9. The lowest BCUT2D eigenvalue weighted by Gasteiger charge is -2.50. The third-order valence-corrected chi connectivity index (χ3v) is 9.94. The molecule has 0 bridgehead atoms. The molecule has 15 atom stereocenters. The molecular weight excluding hydrogens is 988 g/mol. The van der Waals surface area contributed by atoms with Crippen LogP contribution in [-0.2, 0) is 124 Å². The Bertz CT molecular complexity index is 1810. The smallest absolute Gasteiger partial charge is 0.303 e. The summed E-state index contributed by atoms with van der Waals surface area (Å²) >= 11 is 3.29. The van der Waals surface area contributed by atoms with Gasteiger partial charge in [0.05, 0.1) is 6.61 Å². The Balaban J connectivity index is 2.30. The molecule has 3 aliphatic heterocycles. The Morgan fingerprint density at radius 3 is 0.926 bits per heavy atom. The van der Waals surface area contributed by atoms with Crippen molar-refractivity contribution in [1.29, 1.82) is 0 Å². The van der Waals surface area contributed by atoms with Crippen LogP contribution in [0, 0.1) is 0 Å². The minimum absolute atomic E-state index is 0.0232. The normalized spacial score (nSPS) is 31.1. The molecule has 0 aliphatic carbocycles. The van der Waals surface area contributed by atoms with Crippen molar-refractivity contribution in [3.8, 4) is 0 Å². The van der Waals surface area contributed by atoms with Gasteiger partial charge >= 0.3 is 59.7 Å². The first-order valence-corrected chi connectivity index (χ1v) is 22.1. The summed E-state index contributed by atoms with van der Waals surface area (Å²) in [6, 6.07) is 0. The van der Waals surface area contributed by atoms with Gasteiger partial charge < -0.3 is 75.8 Å². The molecule has 0 amide bonds. The van der Waals surface area contributed by atoms with Crippen LogP contribution in [0.25, 0.3) is 0 Å². The maximum atomic E-state index is 13.0. The van der Waals surface area contributed by atoms with E-state index in [0.29, 0.717) is 11.8 Å². The van der Waals surface area contributed by atoms with E-state index in [9.17, 15) is 47.9 Å². The lowest BCUT2D eigenvalue weighted by atomic mass is 9.95. The van der Waals surface area contributed by atoms with Crippen molar-refractivity contribution in [1.82, 2.24) is 0 Å². The summed E-state index contributed by atoms with van der Waals surface area (Å²) in [7, 11) is 0. The summed E-state index contributed by atoms with van der Waals surface area (Å²) in [5.74, 6) is -9.30. The molecule has 3 heterocycles. The number of carbonyl (C=O) groups excluding carboxylic acids is 10. The molecule has 0 aromatic rings. The first-order valence-electron chi connectivity index (χ1n) is 21.0. The third kappa shape index (κ3) is 17.8. The van der Waals surface area contributed by atoms with Crippen LogP contribution in [-0.4, -0.2) is 184 Å². The predicted molar refractivity (Wildman–Crippen MR) is 219 cm³/mol. The minimum Gasteiger partial charge on any atom is -0.463 e. The minimum atomic E-state index is -1.99. The van der Waals surface area contributed by atoms with Crippen LogP contribution in [0.2, 0.25) is 0 Å². The van der Waals surface area contributed by atoms with Gasteiger partial charge in [-0.25, -0.2) is 0 Å². The summed E-state index contributed by atoms with van der Waals surface area (Å²) in [6.45, 7) is 8.10. The molecule has 384 valence electrons. The maximum Gasteiger partial charge on any atom is 0.303 e. The van der Waals surface area contributed by atoms with E-state index in [1.54, 1.807) is 0 Å². The molecule has 3 saturated heterocycles. The SMILES string of the molecule is CC(=O)OC[C@H]1O[C@H](O[C@H]2[C@H](OC(C)=O)[C@@H](OC(C)=O)[C@@H](O[C@H]3[C@H](OC(C)=O)[C@@H](OC(C)=O)[C@H](OCCCBr)O[C@@H]3COC(C)=O)O[C@@H]2COC(C)=O)[C@H](OC(C)=O)[C@@H](OC(C)=O)[C@@H]1OC(C)=O. The van der Waals surface area contributed by atoms with Crippen molar-refractivity contribution in [2.75, 3.05) is 31.8 Å². The fraction of sp³-hybridized carbons (Fsp3) is 0.756. The van der Waals surface area contributed by atoms with Crippen molar-refractivity contribution in [3.63, 3.8) is 0 Å². The van der Waals surface area contributed by atoms with E-state index >= 15 is 0 Å². The molecule has 3 fully saturated rings. The van der Waals surface area contributed by atoms with E-state index in [1.807, 2.05) is 0 Å². The predicted octanol–water partition coefficient (Wildman–Crippen LogP) is -0.0557. The fourth-order valence-corrected chi connectivity index (χ4v) is 7.37. The molecule has 0 aromatic carbocycles. The highest BCUT2D eigenvalue weighted by Gasteiger charge is 2.60. The summed E-state index contributed by atoms with van der Waals surface area (Å²) in [4.78, 5) is 125. The second-order valence-electron chi connectivity index (χ2n) is 15.2. The molecule has 27 heteroatoms. The molecule has 0 unspecified atom stereocenters. The molecule has 0 N–H and O–H groups in total. The Labute approximate surface area is 398 Å². The molecule has 0 saturated carbocycles. The summed E-state index contributed by atoms with van der Waals surface area (Å²) in [5, 5.41) is 0.487. The van der Waals surface area contributed by atoms with Gasteiger partial charge in [-0.3, -0.25) is 47.9 Å². The molecule has 0 aromatic heterocycles. The zero-order chi connectivity index (χ0) is 51.0. The van der Waals surface area contributed by atoms with Gasteiger partial charge in [0.15, 0.2) is 61.6 Å². The number of esters is 10. The molecule has 3 rings (SSSR count).